The summed E-state index contributed by atoms with van der Waals surface area (Å²) in [6, 6.07) is 6.97. The number of methoxy groups -OCH3 is 1. The highest BCUT2D eigenvalue weighted by molar-refractivity contribution is 5.97. The number of anilines is 1. The standard InChI is InChI=1S/C13H18N2O3/c1-13(2,14)12(17)15-10-6-4-9(5-7-10)8-11(16)18-3/h4-7H,8,14H2,1-3H3,(H,15,17). The zero-order valence-corrected chi connectivity index (χ0v) is 10.8. The number of hydrogen-bond acceptors (Lipinski definition) is 4. The maximum atomic E-state index is 11.6. The Labute approximate surface area is 106 Å². The lowest BCUT2D eigenvalue weighted by molar-refractivity contribution is -0.139. The van der Waals surface area contributed by atoms with Gasteiger partial charge < -0.3 is 15.8 Å². The highest BCUT2D eigenvalue weighted by Gasteiger charge is 2.21. The van der Waals surface area contributed by atoms with Crippen molar-refractivity contribution >= 4 is 17.6 Å². The second-order valence-corrected chi connectivity index (χ2v) is 4.63. The average molecular weight is 250 g/mol. The molecular formula is C13H18N2O3. The van der Waals surface area contributed by atoms with Crippen molar-refractivity contribution in [3.05, 3.63) is 29.8 Å². The number of hydrogen-bond donors (Lipinski definition) is 2. The van der Waals surface area contributed by atoms with Gasteiger partial charge in [0.15, 0.2) is 0 Å². The Morgan fingerprint density at radius 3 is 2.28 bits per heavy atom. The molecule has 0 aliphatic heterocycles. The van der Waals surface area contributed by atoms with E-state index < -0.39 is 5.54 Å². The molecule has 0 atom stereocenters. The molecule has 0 bridgehead atoms. The fourth-order valence-electron chi connectivity index (χ4n) is 1.24. The van der Waals surface area contributed by atoms with E-state index in [2.05, 4.69) is 10.1 Å². The van der Waals surface area contributed by atoms with E-state index >= 15 is 0 Å². The predicted molar refractivity (Wildman–Crippen MR) is 69.1 cm³/mol. The maximum Gasteiger partial charge on any atom is 0.309 e. The van der Waals surface area contributed by atoms with Crippen LogP contribution in [-0.4, -0.2) is 24.5 Å². The summed E-state index contributed by atoms with van der Waals surface area (Å²) in [4.78, 5) is 22.7. The summed E-state index contributed by atoms with van der Waals surface area (Å²) in [6.07, 6.45) is 0.215. The first-order valence-corrected chi connectivity index (χ1v) is 5.59. The molecule has 0 saturated carbocycles. The van der Waals surface area contributed by atoms with Gasteiger partial charge in [0, 0.05) is 5.69 Å². The number of nitrogens with two attached hydrogens (primary N) is 1. The summed E-state index contributed by atoms with van der Waals surface area (Å²) < 4.78 is 4.57. The first-order valence-electron chi connectivity index (χ1n) is 5.59. The van der Waals surface area contributed by atoms with E-state index in [0.29, 0.717) is 5.69 Å². The minimum atomic E-state index is -0.926. The van der Waals surface area contributed by atoms with Crippen molar-refractivity contribution in [3.63, 3.8) is 0 Å². The molecule has 1 rings (SSSR count). The number of benzene rings is 1. The van der Waals surface area contributed by atoms with Gasteiger partial charge in [-0.1, -0.05) is 12.1 Å². The van der Waals surface area contributed by atoms with Crippen molar-refractivity contribution in [3.8, 4) is 0 Å². The molecule has 0 unspecified atom stereocenters. The molecule has 3 N–H and O–H groups in total. The Morgan fingerprint density at radius 1 is 1.28 bits per heavy atom. The van der Waals surface area contributed by atoms with Crippen LogP contribution in [0.2, 0.25) is 0 Å². The number of rotatable bonds is 4. The minimum Gasteiger partial charge on any atom is -0.469 e. The molecule has 0 saturated heterocycles. The predicted octanol–water partition coefficient (Wildman–Crippen LogP) is 1.08. The van der Waals surface area contributed by atoms with Crippen LogP contribution in [0.25, 0.3) is 0 Å². The molecule has 0 heterocycles. The van der Waals surface area contributed by atoms with Crippen molar-refractivity contribution in [2.24, 2.45) is 5.73 Å². The van der Waals surface area contributed by atoms with Gasteiger partial charge in [0.25, 0.3) is 0 Å². The third kappa shape index (κ3) is 4.18. The Balaban J connectivity index is 2.66. The normalized spacial score (nSPS) is 10.9. The van der Waals surface area contributed by atoms with Crippen LogP contribution in [0.5, 0.6) is 0 Å². The van der Waals surface area contributed by atoms with E-state index in [4.69, 9.17) is 5.73 Å². The molecule has 1 aromatic rings. The topological polar surface area (TPSA) is 81.4 Å². The molecule has 1 aromatic carbocycles. The van der Waals surface area contributed by atoms with Crippen molar-refractivity contribution in [1.82, 2.24) is 0 Å². The van der Waals surface area contributed by atoms with Crippen molar-refractivity contribution in [1.29, 1.82) is 0 Å². The minimum absolute atomic E-state index is 0.215. The van der Waals surface area contributed by atoms with E-state index in [9.17, 15) is 9.59 Å². The second-order valence-electron chi connectivity index (χ2n) is 4.63. The number of nitrogens with one attached hydrogen (secondary N) is 1. The van der Waals surface area contributed by atoms with Crippen LogP contribution in [0.4, 0.5) is 5.69 Å². The van der Waals surface area contributed by atoms with Gasteiger partial charge in [-0.15, -0.1) is 0 Å². The summed E-state index contributed by atoms with van der Waals surface area (Å²) in [5.74, 6) is -0.557. The van der Waals surface area contributed by atoms with Gasteiger partial charge in [-0.3, -0.25) is 9.59 Å². The molecule has 0 aromatic heterocycles. The number of esters is 1. The Bertz CT molecular complexity index is 433. The van der Waals surface area contributed by atoms with Crippen molar-refractivity contribution in [2.45, 2.75) is 25.8 Å². The van der Waals surface area contributed by atoms with E-state index in [1.807, 2.05) is 0 Å². The monoisotopic (exact) mass is 250 g/mol. The van der Waals surface area contributed by atoms with E-state index in [1.54, 1.807) is 38.1 Å². The van der Waals surface area contributed by atoms with Crippen LogP contribution >= 0.6 is 0 Å². The summed E-state index contributed by atoms with van der Waals surface area (Å²) in [5.41, 5.74) is 6.21. The smallest absolute Gasteiger partial charge is 0.309 e. The molecule has 0 radical (unpaired) electrons. The van der Waals surface area contributed by atoms with Gasteiger partial charge in [0.1, 0.15) is 0 Å². The maximum absolute atomic E-state index is 11.6. The molecule has 0 aliphatic carbocycles. The molecule has 5 nitrogen and oxygen atoms in total. The summed E-state index contributed by atoms with van der Waals surface area (Å²) in [7, 11) is 1.35. The molecule has 98 valence electrons. The summed E-state index contributed by atoms with van der Waals surface area (Å²) >= 11 is 0. The van der Waals surface area contributed by atoms with Crippen LogP contribution in [0.1, 0.15) is 19.4 Å². The first kappa shape index (κ1) is 14.2. The van der Waals surface area contributed by atoms with Gasteiger partial charge in [-0.2, -0.15) is 0 Å². The number of ether oxygens (including phenoxy) is 1. The largest absolute Gasteiger partial charge is 0.469 e. The molecule has 0 aliphatic rings. The van der Waals surface area contributed by atoms with Gasteiger partial charge in [0.05, 0.1) is 19.1 Å². The lowest BCUT2D eigenvalue weighted by Gasteiger charge is -2.17. The van der Waals surface area contributed by atoms with Crippen LogP contribution in [0.3, 0.4) is 0 Å². The van der Waals surface area contributed by atoms with Gasteiger partial charge >= 0.3 is 5.97 Å². The van der Waals surface area contributed by atoms with Crippen LogP contribution < -0.4 is 11.1 Å². The highest BCUT2D eigenvalue weighted by Crippen LogP contribution is 2.12. The Morgan fingerprint density at radius 2 is 1.83 bits per heavy atom. The van der Waals surface area contributed by atoms with Crippen LogP contribution in [0, 0.1) is 0 Å². The fourth-order valence-corrected chi connectivity index (χ4v) is 1.24. The van der Waals surface area contributed by atoms with Crippen LogP contribution in [0.15, 0.2) is 24.3 Å². The lowest BCUT2D eigenvalue weighted by atomic mass is 10.1. The zero-order valence-electron chi connectivity index (χ0n) is 10.8. The molecular weight excluding hydrogens is 232 g/mol. The molecule has 1 amide bonds. The quantitative estimate of drug-likeness (QED) is 0.783. The number of carbonyl (C=O) groups excluding carboxylic acids is 2. The van der Waals surface area contributed by atoms with E-state index in [1.165, 1.54) is 7.11 Å². The summed E-state index contributed by atoms with van der Waals surface area (Å²) in [5, 5.41) is 2.70. The average Bonchev–Trinajstić information content (AvgIpc) is 2.30. The van der Waals surface area contributed by atoms with Gasteiger partial charge in [0.2, 0.25) is 5.91 Å². The van der Waals surface area contributed by atoms with E-state index in [0.717, 1.165) is 5.56 Å². The second kappa shape index (κ2) is 5.64. The Kier molecular flexibility index (Phi) is 4.44. The van der Waals surface area contributed by atoms with Gasteiger partial charge in [-0.25, -0.2) is 0 Å². The molecule has 5 heteroatoms. The SMILES string of the molecule is COC(=O)Cc1ccc(NC(=O)C(C)(C)N)cc1. The highest BCUT2D eigenvalue weighted by atomic mass is 16.5. The molecule has 18 heavy (non-hydrogen) atoms. The first-order chi connectivity index (χ1) is 8.32. The van der Waals surface area contributed by atoms with Crippen molar-refractivity contribution < 1.29 is 14.3 Å². The lowest BCUT2D eigenvalue weighted by Crippen LogP contribution is -2.45. The third-order valence-electron chi connectivity index (χ3n) is 2.37. The fraction of sp³-hybridized carbons (Fsp3) is 0.385. The zero-order chi connectivity index (χ0) is 13.8. The van der Waals surface area contributed by atoms with Crippen molar-refractivity contribution in [2.75, 3.05) is 12.4 Å². The third-order valence-corrected chi connectivity index (χ3v) is 2.37. The molecule has 0 spiro atoms. The van der Waals surface area contributed by atoms with Crippen LogP contribution in [-0.2, 0) is 20.7 Å². The van der Waals surface area contributed by atoms with Gasteiger partial charge in [-0.05, 0) is 31.5 Å². The number of amides is 1. The number of carbonyl (C=O) groups is 2. The molecule has 0 fully saturated rings. The Hall–Kier alpha value is -1.88. The summed E-state index contributed by atoms with van der Waals surface area (Å²) in [6.45, 7) is 3.27. The van der Waals surface area contributed by atoms with E-state index in [-0.39, 0.29) is 18.3 Å².